The summed E-state index contributed by atoms with van der Waals surface area (Å²) in [5.74, 6) is 0.839. The molecule has 2 aromatic carbocycles. The summed E-state index contributed by atoms with van der Waals surface area (Å²) in [4.78, 5) is 7.33. The Morgan fingerprint density at radius 2 is 1.76 bits per heavy atom. The largest absolute Gasteiger partial charge is 0.497 e. The summed E-state index contributed by atoms with van der Waals surface area (Å²) in [5.41, 5.74) is 4.37. The molecule has 2 heterocycles. The minimum atomic E-state index is 0. The van der Waals surface area contributed by atoms with Gasteiger partial charge in [-0.25, -0.2) is 4.98 Å². The standard InChI is InChI=1S/C20H21N3O.ClH/c1-24-16-7-8-17-19(13-16)22-18(15-5-3-2-4-6-15)14-20(17)23-11-9-21-10-12-23;/h2-8,13-14,21H,9-12H2,1H3;1H. The highest BCUT2D eigenvalue weighted by atomic mass is 35.5. The molecular weight excluding hydrogens is 334 g/mol. The van der Waals surface area contributed by atoms with Crippen LogP contribution in [-0.2, 0) is 0 Å². The van der Waals surface area contributed by atoms with Crippen LogP contribution in [0.25, 0.3) is 22.2 Å². The topological polar surface area (TPSA) is 37.4 Å². The van der Waals surface area contributed by atoms with Crippen LogP contribution in [-0.4, -0.2) is 38.3 Å². The molecule has 3 aromatic rings. The number of nitrogens with one attached hydrogen (secondary N) is 1. The lowest BCUT2D eigenvalue weighted by atomic mass is 10.1. The van der Waals surface area contributed by atoms with Gasteiger partial charge in [-0.2, -0.15) is 0 Å². The van der Waals surface area contributed by atoms with Crippen molar-refractivity contribution in [2.75, 3.05) is 38.2 Å². The van der Waals surface area contributed by atoms with E-state index in [-0.39, 0.29) is 12.4 Å². The van der Waals surface area contributed by atoms with Crippen molar-refractivity contribution in [1.29, 1.82) is 0 Å². The smallest absolute Gasteiger partial charge is 0.121 e. The summed E-state index contributed by atoms with van der Waals surface area (Å²) in [6.07, 6.45) is 0. The molecule has 4 nitrogen and oxygen atoms in total. The Morgan fingerprint density at radius 3 is 2.48 bits per heavy atom. The molecule has 0 saturated carbocycles. The number of rotatable bonds is 3. The van der Waals surface area contributed by atoms with Gasteiger partial charge in [-0.3, -0.25) is 0 Å². The highest BCUT2D eigenvalue weighted by Gasteiger charge is 2.16. The number of ether oxygens (including phenoxy) is 1. The van der Waals surface area contributed by atoms with Crippen molar-refractivity contribution in [1.82, 2.24) is 10.3 Å². The highest BCUT2D eigenvalue weighted by molar-refractivity contribution is 5.95. The Kier molecular flexibility index (Phi) is 5.41. The van der Waals surface area contributed by atoms with E-state index in [2.05, 4.69) is 46.6 Å². The molecule has 1 fully saturated rings. The number of benzene rings is 2. The molecule has 1 N–H and O–H groups in total. The van der Waals surface area contributed by atoms with Crippen molar-refractivity contribution in [2.45, 2.75) is 0 Å². The van der Waals surface area contributed by atoms with Crippen LogP contribution in [0.3, 0.4) is 0 Å². The van der Waals surface area contributed by atoms with Crippen LogP contribution in [0, 0.1) is 0 Å². The van der Waals surface area contributed by atoms with E-state index in [1.54, 1.807) is 7.11 Å². The first kappa shape index (κ1) is 17.5. The van der Waals surface area contributed by atoms with Gasteiger partial charge in [-0.1, -0.05) is 30.3 Å². The summed E-state index contributed by atoms with van der Waals surface area (Å²) in [5, 5.41) is 4.60. The fourth-order valence-corrected chi connectivity index (χ4v) is 3.24. The quantitative estimate of drug-likeness (QED) is 0.776. The Morgan fingerprint density at radius 1 is 1.00 bits per heavy atom. The highest BCUT2D eigenvalue weighted by Crippen LogP contribution is 2.33. The fourth-order valence-electron chi connectivity index (χ4n) is 3.24. The number of piperazine rings is 1. The lowest BCUT2D eigenvalue weighted by Gasteiger charge is -2.30. The Bertz CT molecular complexity index is 848. The zero-order valence-electron chi connectivity index (χ0n) is 14.2. The first-order valence-electron chi connectivity index (χ1n) is 8.35. The molecule has 1 aliphatic heterocycles. The SMILES string of the molecule is COc1ccc2c(N3CCNCC3)cc(-c3ccccc3)nc2c1.Cl. The van der Waals surface area contributed by atoms with Crippen molar-refractivity contribution < 1.29 is 4.74 Å². The summed E-state index contributed by atoms with van der Waals surface area (Å²) >= 11 is 0. The van der Waals surface area contributed by atoms with Crippen LogP contribution in [0.15, 0.2) is 54.6 Å². The maximum Gasteiger partial charge on any atom is 0.121 e. The van der Waals surface area contributed by atoms with Gasteiger partial charge >= 0.3 is 0 Å². The third-order valence-corrected chi connectivity index (χ3v) is 4.52. The predicted octanol–water partition coefficient (Wildman–Crippen LogP) is 3.74. The molecule has 1 aliphatic rings. The normalized spacial score (nSPS) is 14.2. The lowest BCUT2D eigenvalue weighted by Crippen LogP contribution is -2.43. The van der Waals surface area contributed by atoms with E-state index in [4.69, 9.17) is 9.72 Å². The maximum absolute atomic E-state index is 5.39. The van der Waals surface area contributed by atoms with Crippen LogP contribution in [0.1, 0.15) is 0 Å². The predicted molar refractivity (Wildman–Crippen MR) is 106 cm³/mol. The molecule has 1 aromatic heterocycles. The van der Waals surface area contributed by atoms with Crippen LogP contribution >= 0.6 is 12.4 Å². The third kappa shape index (κ3) is 3.55. The molecule has 5 heteroatoms. The average Bonchev–Trinajstić information content (AvgIpc) is 2.68. The second-order valence-electron chi connectivity index (χ2n) is 6.01. The third-order valence-electron chi connectivity index (χ3n) is 4.52. The van der Waals surface area contributed by atoms with Gasteiger partial charge in [0.2, 0.25) is 0 Å². The molecule has 0 amide bonds. The summed E-state index contributed by atoms with van der Waals surface area (Å²) < 4.78 is 5.39. The van der Waals surface area contributed by atoms with Crippen molar-refractivity contribution in [3.8, 4) is 17.0 Å². The number of hydrogen-bond donors (Lipinski definition) is 1. The number of hydrogen-bond acceptors (Lipinski definition) is 4. The molecule has 4 rings (SSSR count). The number of pyridine rings is 1. The minimum absolute atomic E-state index is 0. The fraction of sp³-hybridized carbons (Fsp3) is 0.250. The van der Waals surface area contributed by atoms with E-state index in [1.165, 1.54) is 11.1 Å². The molecule has 0 radical (unpaired) electrons. The number of methoxy groups -OCH3 is 1. The lowest BCUT2D eigenvalue weighted by molar-refractivity contribution is 0.415. The number of halogens is 1. The number of aromatic nitrogens is 1. The summed E-state index contributed by atoms with van der Waals surface area (Å²) in [6.45, 7) is 4.06. The second-order valence-corrected chi connectivity index (χ2v) is 6.01. The maximum atomic E-state index is 5.39. The summed E-state index contributed by atoms with van der Waals surface area (Å²) in [7, 11) is 1.69. The molecular formula is C20H22ClN3O. The first-order chi connectivity index (χ1) is 11.8. The van der Waals surface area contributed by atoms with E-state index in [9.17, 15) is 0 Å². The Hall–Kier alpha value is -2.30. The zero-order chi connectivity index (χ0) is 16.4. The van der Waals surface area contributed by atoms with Crippen LogP contribution < -0.4 is 15.0 Å². The van der Waals surface area contributed by atoms with E-state index < -0.39 is 0 Å². The van der Waals surface area contributed by atoms with Crippen LogP contribution in [0.2, 0.25) is 0 Å². The first-order valence-corrected chi connectivity index (χ1v) is 8.35. The van der Waals surface area contributed by atoms with Crippen molar-refractivity contribution >= 4 is 29.0 Å². The van der Waals surface area contributed by atoms with E-state index >= 15 is 0 Å². The monoisotopic (exact) mass is 355 g/mol. The Labute approximate surface area is 154 Å². The average molecular weight is 356 g/mol. The van der Waals surface area contributed by atoms with E-state index in [0.29, 0.717) is 0 Å². The number of nitrogens with zero attached hydrogens (tertiary/aromatic N) is 2. The molecule has 130 valence electrons. The molecule has 25 heavy (non-hydrogen) atoms. The van der Waals surface area contributed by atoms with E-state index in [0.717, 1.165) is 48.7 Å². The molecule has 0 atom stereocenters. The van der Waals surface area contributed by atoms with Crippen molar-refractivity contribution in [2.24, 2.45) is 0 Å². The van der Waals surface area contributed by atoms with Gasteiger partial charge < -0.3 is 15.0 Å². The summed E-state index contributed by atoms with van der Waals surface area (Å²) in [6, 6.07) is 18.7. The molecule has 0 aliphatic carbocycles. The van der Waals surface area contributed by atoms with Gasteiger partial charge in [0.25, 0.3) is 0 Å². The molecule has 0 bridgehead atoms. The molecule has 0 unspecified atom stereocenters. The van der Waals surface area contributed by atoms with Gasteiger partial charge in [-0.15, -0.1) is 12.4 Å². The van der Waals surface area contributed by atoms with Gasteiger partial charge in [-0.05, 0) is 18.2 Å². The second kappa shape index (κ2) is 7.72. The minimum Gasteiger partial charge on any atom is -0.497 e. The molecule has 0 spiro atoms. The van der Waals surface area contributed by atoms with Crippen LogP contribution in [0.4, 0.5) is 5.69 Å². The van der Waals surface area contributed by atoms with Gasteiger partial charge in [0.15, 0.2) is 0 Å². The molecule has 1 saturated heterocycles. The zero-order valence-corrected chi connectivity index (χ0v) is 15.1. The number of fused-ring (bicyclic) bond motifs is 1. The van der Waals surface area contributed by atoms with E-state index in [1.807, 2.05) is 18.2 Å². The number of anilines is 1. The van der Waals surface area contributed by atoms with Gasteiger partial charge in [0.05, 0.1) is 18.3 Å². The Balaban J connectivity index is 0.00000182. The van der Waals surface area contributed by atoms with Crippen molar-refractivity contribution in [3.63, 3.8) is 0 Å². The van der Waals surface area contributed by atoms with Crippen LogP contribution in [0.5, 0.6) is 5.75 Å². The van der Waals surface area contributed by atoms with Crippen molar-refractivity contribution in [3.05, 3.63) is 54.6 Å². The van der Waals surface area contributed by atoms with Gasteiger partial charge in [0, 0.05) is 48.9 Å². The van der Waals surface area contributed by atoms with Gasteiger partial charge in [0.1, 0.15) is 5.75 Å².